The van der Waals surface area contributed by atoms with E-state index in [4.69, 9.17) is 0 Å². The fourth-order valence-corrected chi connectivity index (χ4v) is 3.83. The molecule has 1 aromatic heterocycles. The van der Waals surface area contributed by atoms with Crippen molar-refractivity contribution in [1.29, 1.82) is 0 Å². The number of amides is 1. The molecule has 0 spiro atoms. The highest BCUT2D eigenvalue weighted by molar-refractivity contribution is 7.88. The van der Waals surface area contributed by atoms with Gasteiger partial charge in [0.05, 0.1) is 12.7 Å². The number of rotatable bonds is 5. The molecule has 8 nitrogen and oxygen atoms in total. The number of H-pyrrole nitrogens is 1. The molecule has 1 amide bonds. The average molecular weight is 356 g/mol. The summed E-state index contributed by atoms with van der Waals surface area (Å²) in [7, 11) is -3.29. The third-order valence-corrected chi connectivity index (χ3v) is 5.59. The maximum absolute atomic E-state index is 12.3. The molecular formula is C15H24N4O4S. The van der Waals surface area contributed by atoms with Crippen molar-refractivity contribution in [2.24, 2.45) is 11.8 Å². The summed E-state index contributed by atoms with van der Waals surface area (Å²) in [5.41, 5.74) is -0.0422. The predicted molar refractivity (Wildman–Crippen MR) is 90.0 cm³/mol. The zero-order chi connectivity index (χ0) is 18.1. The second-order valence-corrected chi connectivity index (χ2v) is 8.64. The lowest BCUT2D eigenvalue weighted by Gasteiger charge is -2.22. The first-order chi connectivity index (χ1) is 11.1. The molecule has 1 aliphatic rings. The summed E-state index contributed by atoms with van der Waals surface area (Å²) in [5.74, 6) is 0.449. The molecule has 0 unspecified atom stereocenters. The van der Waals surface area contributed by atoms with Gasteiger partial charge >= 0.3 is 0 Å². The van der Waals surface area contributed by atoms with Crippen LogP contribution in [0, 0.1) is 18.8 Å². The van der Waals surface area contributed by atoms with Crippen molar-refractivity contribution < 1.29 is 13.2 Å². The first kappa shape index (κ1) is 18.6. The van der Waals surface area contributed by atoms with Crippen LogP contribution in [0.1, 0.15) is 25.2 Å². The van der Waals surface area contributed by atoms with Gasteiger partial charge < -0.3 is 10.3 Å². The minimum atomic E-state index is -3.29. The second-order valence-electron chi connectivity index (χ2n) is 6.66. The van der Waals surface area contributed by atoms with E-state index in [1.54, 1.807) is 6.92 Å². The highest BCUT2D eigenvalue weighted by Crippen LogP contribution is 2.26. The summed E-state index contributed by atoms with van der Waals surface area (Å²) in [6, 6.07) is -0.260. The highest BCUT2D eigenvalue weighted by atomic mass is 32.2. The van der Waals surface area contributed by atoms with Crippen LogP contribution in [0.3, 0.4) is 0 Å². The summed E-state index contributed by atoms with van der Waals surface area (Å²) in [4.78, 5) is 30.6. The Labute approximate surface area is 141 Å². The molecule has 0 aromatic carbocycles. The molecular weight excluding hydrogens is 332 g/mol. The van der Waals surface area contributed by atoms with Gasteiger partial charge in [-0.15, -0.1) is 0 Å². The van der Waals surface area contributed by atoms with Gasteiger partial charge in [0, 0.05) is 30.9 Å². The molecule has 1 aliphatic heterocycles. The van der Waals surface area contributed by atoms with Crippen LogP contribution in [0.5, 0.6) is 0 Å². The van der Waals surface area contributed by atoms with Crippen LogP contribution in [0.2, 0.25) is 0 Å². The van der Waals surface area contributed by atoms with Gasteiger partial charge in [-0.2, -0.15) is 4.31 Å². The molecule has 1 fully saturated rings. The van der Waals surface area contributed by atoms with Gasteiger partial charge in [0.15, 0.2) is 0 Å². The number of carbonyl (C=O) groups is 1. The van der Waals surface area contributed by atoms with Gasteiger partial charge in [-0.05, 0) is 18.8 Å². The molecule has 1 aromatic rings. The van der Waals surface area contributed by atoms with E-state index in [0.717, 1.165) is 0 Å². The summed E-state index contributed by atoms with van der Waals surface area (Å²) in [6.07, 6.45) is 2.49. The SMILES string of the molecule is Cc1ncc(CC(=O)N[C@@H]2CN(S(C)(=O)=O)C[C@H]2C(C)C)c(=O)[nH]1. The number of carbonyl (C=O) groups excluding carboxylic acids is 1. The van der Waals surface area contributed by atoms with Crippen LogP contribution in [-0.4, -0.2) is 54.0 Å². The number of aromatic nitrogens is 2. The van der Waals surface area contributed by atoms with E-state index in [-0.39, 0.29) is 47.9 Å². The fraction of sp³-hybridized carbons (Fsp3) is 0.667. The molecule has 2 atom stereocenters. The number of nitrogens with zero attached hydrogens (tertiary/aromatic N) is 2. The minimum absolute atomic E-state index is 0.0399. The zero-order valence-corrected chi connectivity index (χ0v) is 15.2. The smallest absolute Gasteiger partial charge is 0.254 e. The zero-order valence-electron chi connectivity index (χ0n) is 14.4. The summed E-state index contributed by atoms with van der Waals surface area (Å²) in [6.45, 7) is 6.33. The Kier molecular flexibility index (Phi) is 5.44. The van der Waals surface area contributed by atoms with Gasteiger partial charge in [0.1, 0.15) is 5.82 Å². The summed E-state index contributed by atoms with van der Waals surface area (Å²) in [5, 5.41) is 2.88. The van der Waals surface area contributed by atoms with Crippen molar-refractivity contribution in [1.82, 2.24) is 19.6 Å². The molecule has 2 N–H and O–H groups in total. The number of hydrogen-bond acceptors (Lipinski definition) is 5. The summed E-state index contributed by atoms with van der Waals surface area (Å²) >= 11 is 0. The normalized spacial score (nSPS) is 22.0. The Morgan fingerprint density at radius 2 is 2.12 bits per heavy atom. The van der Waals surface area contributed by atoms with Crippen molar-refractivity contribution in [3.63, 3.8) is 0 Å². The molecule has 2 heterocycles. The summed E-state index contributed by atoms with van der Waals surface area (Å²) < 4.78 is 24.9. The van der Waals surface area contributed by atoms with Gasteiger partial charge in [0.25, 0.3) is 5.56 Å². The molecule has 0 radical (unpaired) electrons. The van der Waals surface area contributed by atoms with E-state index in [1.165, 1.54) is 16.8 Å². The van der Waals surface area contributed by atoms with E-state index in [1.807, 2.05) is 13.8 Å². The molecule has 24 heavy (non-hydrogen) atoms. The van der Waals surface area contributed by atoms with Gasteiger partial charge in [-0.3, -0.25) is 9.59 Å². The number of nitrogens with one attached hydrogen (secondary N) is 2. The lowest BCUT2D eigenvalue weighted by atomic mass is 9.91. The molecule has 1 saturated heterocycles. The Balaban J connectivity index is 2.07. The number of aromatic amines is 1. The van der Waals surface area contributed by atoms with Crippen LogP contribution >= 0.6 is 0 Å². The highest BCUT2D eigenvalue weighted by Gasteiger charge is 2.39. The Hall–Kier alpha value is -1.74. The van der Waals surface area contributed by atoms with Crippen LogP contribution in [0.15, 0.2) is 11.0 Å². The first-order valence-electron chi connectivity index (χ1n) is 7.87. The van der Waals surface area contributed by atoms with Crippen molar-refractivity contribution in [2.75, 3.05) is 19.3 Å². The number of hydrogen-bond donors (Lipinski definition) is 2. The van der Waals surface area contributed by atoms with E-state index in [2.05, 4.69) is 15.3 Å². The van der Waals surface area contributed by atoms with Crippen molar-refractivity contribution in [2.45, 2.75) is 33.2 Å². The third kappa shape index (κ3) is 4.41. The van der Waals surface area contributed by atoms with E-state index >= 15 is 0 Å². The lowest BCUT2D eigenvalue weighted by Crippen LogP contribution is -2.43. The third-order valence-electron chi connectivity index (χ3n) is 4.35. The molecule has 0 saturated carbocycles. The van der Waals surface area contributed by atoms with Gasteiger partial charge in [-0.1, -0.05) is 13.8 Å². The van der Waals surface area contributed by atoms with Crippen LogP contribution in [0.4, 0.5) is 0 Å². The molecule has 0 bridgehead atoms. The Bertz CT molecular complexity index is 772. The maximum atomic E-state index is 12.3. The second kappa shape index (κ2) is 7.02. The minimum Gasteiger partial charge on any atom is -0.351 e. The van der Waals surface area contributed by atoms with Crippen molar-refractivity contribution in [3.8, 4) is 0 Å². The Morgan fingerprint density at radius 3 is 2.67 bits per heavy atom. The topological polar surface area (TPSA) is 112 Å². The van der Waals surface area contributed by atoms with Crippen LogP contribution < -0.4 is 10.9 Å². The quantitative estimate of drug-likeness (QED) is 0.749. The van der Waals surface area contributed by atoms with E-state index in [0.29, 0.717) is 12.4 Å². The van der Waals surface area contributed by atoms with Gasteiger partial charge in [0.2, 0.25) is 15.9 Å². The monoisotopic (exact) mass is 356 g/mol. The van der Waals surface area contributed by atoms with Gasteiger partial charge in [-0.25, -0.2) is 13.4 Å². The lowest BCUT2D eigenvalue weighted by molar-refractivity contribution is -0.121. The predicted octanol–water partition coefficient (Wildman–Crippen LogP) is -0.347. The van der Waals surface area contributed by atoms with E-state index in [9.17, 15) is 18.0 Å². The number of aryl methyl sites for hydroxylation is 1. The van der Waals surface area contributed by atoms with Crippen LogP contribution in [0.25, 0.3) is 0 Å². The molecule has 9 heteroatoms. The molecule has 0 aliphatic carbocycles. The standard InChI is InChI=1S/C15H24N4O4S/c1-9(2)12-7-19(24(4,22)23)8-13(12)18-14(20)5-11-6-16-10(3)17-15(11)21/h6,9,12-13H,5,7-8H2,1-4H3,(H,18,20)(H,16,17,21)/t12-,13+/m0/s1. The Morgan fingerprint density at radius 1 is 1.46 bits per heavy atom. The van der Waals surface area contributed by atoms with Crippen molar-refractivity contribution >= 4 is 15.9 Å². The largest absolute Gasteiger partial charge is 0.351 e. The maximum Gasteiger partial charge on any atom is 0.254 e. The molecule has 2 rings (SSSR count). The first-order valence-corrected chi connectivity index (χ1v) is 9.72. The van der Waals surface area contributed by atoms with Crippen LogP contribution in [-0.2, 0) is 21.2 Å². The number of sulfonamides is 1. The molecule has 134 valence electrons. The van der Waals surface area contributed by atoms with E-state index < -0.39 is 10.0 Å². The average Bonchev–Trinajstić information content (AvgIpc) is 2.86. The fourth-order valence-electron chi connectivity index (χ4n) is 2.96. The van der Waals surface area contributed by atoms with Crippen molar-refractivity contribution in [3.05, 3.63) is 27.9 Å².